The molecule has 0 aliphatic heterocycles. The fraction of sp³-hybridized carbons (Fsp3) is 0.150. The van der Waals surface area contributed by atoms with Gasteiger partial charge in [-0.05, 0) is 30.7 Å². The maximum Gasteiger partial charge on any atom is 0.182 e. The SMILES string of the molecule is Cc1cc(F)cc(-c2nn(CCO)c3nnc(-c4ccccc4)c(Cl)c23)c1. The van der Waals surface area contributed by atoms with E-state index in [0.29, 0.717) is 33.0 Å². The highest BCUT2D eigenvalue weighted by molar-refractivity contribution is 6.38. The summed E-state index contributed by atoms with van der Waals surface area (Å²) in [5.74, 6) is -0.351. The van der Waals surface area contributed by atoms with Crippen molar-refractivity contribution in [3.05, 3.63) is 64.9 Å². The zero-order valence-corrected chi connectivity index (χ0v) is 15.3. The van der Waals surface area contributed by atoms with E-state index in [2.05, 4.69) is 15.3 Å². The van der Waals surface area contributed by atoms with Gasteiger partial charge in [-0.1, -0.05) is 41.9 Å². The lowest BCUT2D eigenvalue weighted by molar-refractivity contribution is 0.271. The molecule has 0 bridgehead atoms. The Morgan fingerprint density at radius 2 is 1.81 bits per heavy atom. The summed E-state index contributed by atoms with van der Waals surface area (Å²) in [5.41, 5.74) is 3.69. The van der Waals surface area contributed by atoms with Crippen LogP contribution >= 0.6 is 11.6 Å². The standard InChI is InChI=1S/C20H16ClFN4O/c1-12-9-14(11-15(22)10-12)18-16-17(21)19(13-5-3-2-4-6-13)23-24-20(16)26(25-18)7-8-27/h2-6,9-11,27H,7-8H2,1H3. The number of fused-ring (bicyclic) bond motifs is 1. The third-order valence-corrected chi connectivity index (χ3v) is 4.64. The number of aliphatic hydroxyl groups is 1. The van der Waals surface area contributed by atoms with Crippen LogP contribution in [0.3, 0.4) is 0 Å². The quantitative estimate of drug-likeness (QED) is 0.573. The van der Waals surface area contributed by atoms with Gasteiger partial charge in [0.05, 0.1) is 23.6 Å². The number of hydrogen-bond donors (Lipinski definition) is 1. The van der Waals surface area contributed by atoms with Gasteiger partial charge in [-0.15, -0.1) is 10.2 Å². The van der Waals surface area contributed by atoms with E-state index in [0.717, 1.165) is 11.1 Å². The molecule has 0 atom stereocenters. The smallest absolute Gasteiger partial charge is 0.182 e. The Morgan fingerprint density at radius 3 is 2.52 bits per heavy atom. The molecule has 0 fully saturated rings. The van der Waals surface area contributed by atoms with E-state index in [-0.39, 0.29) is 19.0 Å². The molecular weight excluding hydrogens is 367 g/mol. The van der Waals surface area contributed by atoms with Gasteiger partial charge in [0.25, 0.3) is 0 Å². The molecule has 0 amide bonds. The Morgan fingerprint density at radius 1 is 1.04 bits per heavy atom. The molecule has 4 aromatic rings. The molecule has 27 heavy (non-hydrogen) atoms. The average molecular weight is 383 g/mol. The molecule has 2 aromatic carbocycles. The number of aryl methyl sites for hydroxylation is 1. The van der Waals surface area contributed by atoms with Gasteiger partial charge in [0.1, 0.15) is 17.2 Å². The van der Waals surface area contributed by atoms with Gasteiger partial charge < -0.3 is 5.11 Å². The highest BCUT2D eigenvalue weighted by atomic mass is 35.5. The second-order valence-electron chi connectivity index (χ2n) is 6.24. The second-order valence-corrected chi connectivity index (χ2v) is 6.62. The van der Waals surface area contributed by atoms with Crippen molar-refractivity contribution in [1.29, 1.82) is 0 Å². The number of rotatable bonds is 4. The maximum atomic E-state index is 14.0. The third-order valence-electron chi connectivity index (χ3n) is 4.27. The minimum absolute atomic E-state index is 0.113. The normalized spacial score (nSPS) is 11.3. The third kappa shape index (κ3) is 3.18. The van der Waals surface area contributed by atoms with Gasteiger partial charge >= 0.3 is 0 Å². The van der Waals surface area contributed by atoms with Crippen molar-refractivity contribution < 1.29 is 9.50 Å². The van der Waals surface area contributed by atoms with E-state index in [1.165, 1.54) is 12.1 Å². The van der Waals surface area contributed by atoms with Crippen molar-refractivity contribution in [2.45, 2.75) is 13.5 Å². The van der Waals surface area contributed by atoms with Crippen molar-refractivity contribution in [3.8, 4) is 22.5 Å². The van der Waals surface area contributed by atoms with Crippen LogP contribution in [0, 0.1) is 12.7 Å². The summed E-state index contributed by atoms with van der Waals surface area (Å²) in [5, 5.41) is 23.4. The fourth-order valence-corrected chi connectivity index (χ4v) is 3.44. The lowest BCUT2D eigenvalue weighted by atomic mass is 10.0. The molecule has 2 aromatic heterocycles. The predicted molar refractivity (Wildman–Crippen MR) is 103 cm³/mol. The summed E-state index contributed by atoms with van der Waals surface area (Å²) >= 11 is 6.71. The molecule has 136 valence electrons. The first kappa shape index (κ1) is 17.6. The summed E-state index contributed by atoms with van der Waals surface area (Å²) in [6, 6.07) is 14.2. The molecule has 0 aliphatic carbocycles. The highest BCUT2D eigenvalue weighted by Crippen LogP contribution is 2.37. The van der Waals surface area contributed by atoms with Crippen LogP contribution in [-0.2, 0) is 6.54 Å². The first-order valence-corrected chi connectivity index (χ1v) is 8.83. The molecule has 7 heteroatoms. The molecule has 0 saturated carbocycles. The maximum absolute atomic E-state index is 14.0. The summed E-state index contributed by atoms with van der Waals surface area (Å²) < 4.78 is 15.5. The average Bonchev–Trinajstić information content (AvgIpc) is 3.02. The molecule has 2 heterocycles. The van der Waals surface area contributed by atoms with E-state index in [4.69, 9.17) is 11.6 Å². The number of halogens is 2. The van der Waals surface area contributed by atoms with Crippen LogP contribution in [-0.4, -0.2) is 31.7 Å². The van der Waals surface area contributed by atoms with Gasteiger partial charge in [-0.3, -0.25) is 0 Å². The minimum Gasteiger partial charge on any atom is -0.394 e. The monoisotopic (exact) mass is 382 g/mol. The first-order valence-electron chi connectivity index (χ1n) is 8.45. The van der Waals surface area contributed by atoms with Crippen molar-refractivity contribution in [3.63, 3.8) is 0 Å². The fourth-order valence-electron chi connectivity index (χ4n) is 3.12. The number of aliphatic hydroxyl groups excluding tert-OH is 1. The van der Waals surface area contributed by atoms with Crippen LogP contribution in [0.1, 0.15) is 5.56 Å². The van der Waals surface area contributed by atoms with Gasteiger partial charge in [-0.25, -0.2) is 9.07 Å². The van der Waals surface area contributed by atoms with Crippen LogP contribution in [0.2, 0.25) is 5.02 Å². The van der Waals surface area contributed by atoms with E-state index in [1.807, 2.05) is 43.3 Å². The summed E-state index contributed by atoms with van der Waals surface area (Å²) in [6.45, 7) is 1.94. The molecule has 5 nitrogen and oxygen atoms in total. The van der Waals surface area contributed by atoms with Gasteiger partial charge in [0, 0.05) is 11.1 Å². The predicted octanol–water partition coefficient (Wildman–Crippen LogP) is 4.25. The van der Waals surface area contributed by atoms with Crippen molar-refractivity contribution in [1.82, 2.24) is 20.0 Å². The largest absolute Gasteiger partial charge is 0.394 e. The molecule has 0 spiro atoms. The van der Waals surface area contributed by atoms with Crippen molar-refractivity contribution in [2.75, 3.05) is 6.61 Å². The van der Waals surface area contributed by atoms with Crippen molar-refractivity contribution >= 4 is 22.6 Å². The molecule has 4 rings (SSSR count). The van der Waals surface area contributed by atoms with Crippen LogP contribution < -0.4 is 0 Å². The Balaban J connectivity index is 2.03. The number of nitrogens with zero attached hydrogens (tertiary/aromatic N) is 4. The zero-order valence-electron chi connectivity index (χ0n) is 14.5. The minimum atomic E-state index is -0.351. The Labute approximate surface area is 160 Å². The number of aromatic nitrogens is 4. The molecule has 0 radical (unpaired) electrons. The second kappa shape index (κ2) is 7.06. The van der Waals surface area contributed by atoms with Gasteiger partial charge in [-0.2, -0.15) is 5.10 Å². The van der Waals surface area contributed by atoms with Gasteiger partial charge in [0.15, 0.2) is 5.65 Å². The summed E-state index contributed by atoms with van der Waals surface area (Å²) in [4.78, 5) is 0. The topological polar surface area (TPSA) is 63.8 Å². The molecule has 0 saturated heterocycles. The van der Waals surface area contributed by atoms with Crippen LogP contribution in [0.25, 0.3) is 33.5 Å². The summed E-state index contributed by atoms with van der Waals surface area (Å²) in [6.07, 6.45) is 0. The van der Waals surface area contributed by atoms with E-state index in [1.54, 1.807) is 4.68 Å². The van der Waals surface area contributed by atoms with E-state index < -0.39 is 0 Å². The molecule has 1 N–H and O–H groups in total. The van der Waals surface area contributed by atoms with Crippen LogP contribution in [0.4, 0.5) is 4.39 Å². The number of hydrogen-bond acceptors (Lipinski definition) is 4. The van der Waals surface area contributed by atoms with E-state index >= 15 is 0 Å². The lowest BCUT2D eigenvalue weighted by Crippen LogP contribution is -2.05. The zero-order chi connectivity index (χ0) is 19.0. The first-order chi connectivity index (χ1) is 13.1. The highest BCUT2D eigenvalue weighted by Gasteiger charge is 2.21. The Bertz CT molecular complexity index is 1110. The Kier molecular flexibility index (Phi) is 4.59. The molecule has 0 unspecified atom stereocenters. The van der Waals surface area contributed by atoms with Crippen LogP contribution in [0.15, 0.2) is 48.5 Å². The van der Waals surface area contributed by atoms with E-state index in [9.17, 15) is 9.50 Å². The number of benzene rings is 2. The molecular formula is C20H16ClFN4O. The van der Waals surface area contributed by atoms with Gasteiger partial charge in [0.2, 0.25) is 0 Å². The van der Waals surface area contributed by atoms with Crippen LogP contribution in [0.5, 0.6) is 0 Å². The molecule has 0 aliphatic rings. The van der Waals surface area contributed by atoms with Crippen molar-refractivity contribution in [2.24, 2.45) is 0 Å². The summed E-state index contributed by atoms with van der Waals surface area (Å²) in [7, 11) is 0. The Hall–Kier alpha value is -2.83. The lowest BCUT2D eigenvalue weighted by Gasteiger charge is -2.06.